The molecular weight excluding hydrogens is 328 g/mol. The fourth-order valence-corrected chi connectivity index (χ4v) is 3.24. The molecule has 1 atom stereocenters. The first-order chi connectivity index (χ1) is 12.6. The molecule has 0 amide bonds. The predicted octanol–water partition coefficient (Wildman–Crippen LogP) is 3.23. The second-order valence-corrected chi connectivity index (χ2v) is 6.94. The number of aryl methyl sites for hydroxylation is 1. The Labute approximate surface area is 154 Å². The molecule has 3 heterocycles. The second-order valence-electron chi connectivity index (χ2n) is 6.94. The Kier molecular flexibility index (Phi) is 6.04. The van der Waals surface area contributed by atoms with Crippen LogP contribution in [0, 0.1) is 13.8 Å². The van der Waals surface area contributed by atoms with Crippen LogP contribution in [0.2, 0.25) is 0 Å². The van der Waals surface area contributed by atoms with E-state index in [4.69, 9.17) is 4.74 Å². The van der Waals surface area contributed by atoms with Crippen molar-refractivity contribution in [2.24, 2.45) is 0 Å². The largest absolute Gasteiger partial charge is 0.378 e. The van der Waals surface area contributed by atoms with Crippen molar-refractivity contribution in [1.82, 2.24) is 15.0 Å². The maximum Gasteiger partial charge on any atom is 0.254 e. The average Bonchev–Trinajstić information content (AvgIpc) is 2.90. The van der Waals surface area contributed by atoms with Crippen molar-refractivity contribution in [2.45, 2.75) is 52.6 Å². The lowest BCUT2D eigenvalue weighted by atomic mass is 10.2. The summed E-state index contributed by atoms with van der Waals surface area (Å²) in [6.07, 6.45) is 6.49. The molecule has 1 saturated heterocycles. The van der Waals surface area contributed by atoms with Crippen molar-refractivity contribution in [1.29, 1.82) is 0 Å². The third-order valence-electron chi connectivity index (χ3n) is 4.97. The number of anilines is 1. The van der Waals surface area contributed by atoms with Gasteiger partial charge in [0.1, 0.15) is 11.6 Å². The molecule has 0 radical (unpaired) electrons. The predicted molar refractivity (Wildman–Crippen MR) is 104 cm³/mol. The monoisotopic (exact) mass is 356 g/mol. The molecule has 1 aliphatic heterocycles. The summed E-state index contributed by atoms with van der Waals surface area (Å²) in [7, 11) is 0. The van der Waals surface area contributed by atoms with Gasteiger partial charge in [-0.3, -0.25) is 4.79 Å². The number of aromatic amines is 1. The molecule has 0 aromatic carbocycles. The Morgan fingerprint density at radius 1 is 1.27 bits per heavy atom. The van der Waals surface area contributed by atoms with Crippen molar-refractivity contribution in [3.8, 4) is 11.4 Å². The van der Waals surface area contributed by atoms with Gasteiger partial charge in [0.05, 0.1) is 6.10 Å². The summed E-state index contributed by atoms with van der Waals surface area (Å²) in [5.74, 6) is 1.54. The zero-order chi connectivity index (χ0) is 18.5. The van der Waals surface area contributed by atoms with Gasteiger partial charge in [0.25, 0.3) is 5.56 Å². The zero-order valence-corrected chi connectivity index (χ0v) is 15.9. The highest BCUT2D eigenvalue weighted by molar-refractivity contribution is 5.56. The number of hydrogen-bond acceptors (Lipinski definition) is 5. The highest BCUT2D eigenvalue weighted by atomic mass is 16.5. The third kappa shape index (κ3) is 4.30. The molecule has 2 aromatic rings. The van der Waals surface area contributed by atoms with Crippen LogP contribution in [-0.4, -0.2) is 40.8 Å². The maximum absolute atomic E-state index is 12.0. The number of nitrogens with zero attached hydrogens (tertiary/aromatic N) is 3. The molecule has 0 saturated carbocycles. The van der Waals surface area contributed by atoms with E-state index in [9.17, 15) is 4.79 Å². The summed E-state index contributed by atoms with van der Waals surface area (Å²) in [6, 6.07) is 3.99. The van der Waals surface area contributed by atoms with E-state index in [1.807, 2.05) is 19.1 Å². The molecular formula is C20H28N4O2. The van der Waals surface area contributed by atoms with E-state index in [2.05, 4.69) is 26.8 Å². The Morgan fingerprint density at radius 2 is 2.12 bits per heavy atom. The van der Waals surface area contributed by atoms with Crippen LogP contribution in [-0.2, 0) is 4.74 Å². The van der Waals surface area contributed by atoms with Gasteiger partial charge in [-0.2, -0.15) is 0 Å². The summed E-state index contributed by atoms with van der Waals surface area (Å²) in [5.41, 5.74) is 2.14. The first-order valence-electron chi connectivity index (χ1n) is 9.49. The van der Waals surface area contributed by atoms with Crippen molar-refractivity contribution in [3.05, 3.63) is 39.9 Å². The number of nitrogens with one attached hydrogen (secondary N) is 1. The molecule has 0 bridgehead atoms. The molecule has 6 heteroatoms. The normalized spacial score (nSPS) is 18.0. The van der Waals surface area contributed by atoms with E-state index in [1.165, 1.54) is 0 Å². The van der Waals surface area contributed by atoms with Crippen molar-refractivity contribution in [2.75, 3.05) is 24.6 Å². The van der Waals surface area contributed by atoms with Crippen LogP contribution in [0.3, 0.4) is 0 Å². The van der Waals surface area contributed by atoms with Crippen LogP contribution in [0.4, 0.5) is 5.82 Å². The van der Waals surface area contributed by atoms with Crippen molar-refractivity contribution >= 4 is 5.82 Å². The quantitative estimate of drug-likeness (QED) is 0.890. The summed E-state index contributed by atoms with van der Waals surface area (Å²) >= 11 is 0. The van der Waals surface area contributed by atoms with Gasteiger partial charge in [-0.1, -0.05) is 6.92 Å². The lowest BCUT2D eigenvalue weighted by molar-refractivity contribution is 0.0461. The highest BCUT2D eigenvalue weighted by Crippen LogP contribution is 2.22. The molecule has 1 N–H and O–H groups in total. The molecule has 2 aromatic heterocycles. The molecule has 0 aliphatic carbocycles. The molecule has 1 aliphatic rings. The molecule has 3 rings (SSSR count). The van der Waals surface area contributed by atoms with Gasteiger partial charge in [-0.05, 0) is 51.7 Å². The van der Waals surface area contributed by atoms with E-state index in [0.29, 0.717) is 17.5 Å². The van der Waals surface area contributed by atoms with E-state index < -0.39 is 0 Å². The number of ether oxygens (including phenoxy) is 1. The lowest BCUT2D eigenvalue weighted by Gasteiger charge is -2.22. The van der Waals surface area contributed by atoms with Crippen LogP contribution in [0.15, 0.2) is 23.1 Å². The standard InChI is InChI=1S/C20H28N4O2/c1-4-12-26-17-6-5-10-24(11-9-17)18-8-7-16(13-21-18)19-22-15(3)14(2)20(25)23-19/h7-8,13,17H,4-6,9-12H2,1-3H3,(H,22,23,25). The number of hydrogen-bond donors (Lipinski definition) is 1. The van der Waals surface area contributed by atoms with Crippen molar-refractivity contribution < 1.29 is 4.74 Å². The van der Waals surface area contributed by atoms with E-state index in [1.54, 1.807) is 13.1 Å². The second kappa shape index (κ2) is 8.45. The maximum atomic E-state index is 12.0. The number of rotatable bonds is 5. The Bertz CT molecular complexity index is 785. The van der Waals surface area contributed by atoms with Crippen molar-refractivity contribution in [3.63, 3.8) is 0 Å². The minimum Gasteiger partial charge on any atom is -0.378 e. The van der Waals surface area contributed by atoms with Crippen LogP contribution in [0.1, 0.15) is 43.9 Å². The van der Waals surface area contributed by atoms with Crippen LogP contribution in [0.5, 0.6) is 0 Å². The smallest absolute Gasteiger partial charge is 0.254 e. The highest BCUT2D eigenvalue weighted by Gasteiger charge is 2.18. The first-order valence-corrected chi connectivity index (χ1v) is 9.49. The summed E-state index contributed by atoms with van der Waals surface area (Å²) in [4.78, 5) is 26.2. The van der Waals surface area contributed by atoms with Gasteiger partial charge >= 0.3 is 0 Å². The van der Waals surface area contributed by atoms with Gasteiger partial charge < -0.3 is 14.6 Å². The minimum absolute atomic E-state index is 0.0952. The number of aromatic nitrogens is 3. The Balaban J connectivity index is 1.71. The SMILES string of the molecule is CCCOC1CCCN(c2ccc(-c3nc(C)c(C)c(=O)[nH]3)cn2)CC1. The fraction of sp³-hybridized carbons (Fsp3) is 0.550. The van der Waals surface area contributed by atoms with E-state index in [0.717, 1.165) is 62.5 Å². The summed E-state index contributed by atoms with van der Waals surface area (Å²) in [5, 5.41) is 0. The van der Waals surface area contributed by atoms with Gasteiger partial charge in [-0.15, -0.1) is 0 Å². The van der Waals surface area contributed by atoms with Gasteiger partial charge in [-0.25, -0.2) is 9.97 Å². The molecule has 26 heavy (non-hydrogen) atoms. The van der Waals surface area contributed by atoms with Gasteiger partial charge in [0.15, 0.2) is 0 Å². The molecule has 140 valence electrons. The lowest BCUT2D eigenvalue weighted by Crippen LogP contribution is -2.25. The fourth-order valence-electron chi connectivity index (χ4n) is 3.24. The number of H-pyrrole nitrogens is 1. The van der Waals surface area contributed by atoms with E-state index >= 15 is 0 Å². The topological polar surface area (TPSA) is 71.1 Å². The average molecular weight is 356 g/mol. The Morgan fingerprint density at radius 3 is 2.81 bits per heavy atom. The summed E-state index contributed by atoms with van der Waals surface area (Å²) < 4.78 is 5.92. The van der Waals surface area contributed by atoms with Crippen LogP contribution < -0.4 is 10.5 Å². The van der Waals surface area contributed by atoms with Crippen LogP contribution in [0.25, 0.3) is 11.4 Å². The zero-order valence-electron chi connectivity index (χ0n) is 15.9. The Hall–Kier alpha value is -2.21. The van der Waals surface area contributed by atoms with Gasteiger partial charge in [0, 0.05) is 42.7 Å². The van der Waals surface area contributed by atoms with Crippen LogP contribution >= 0.6 is 0 Å². The third-order valence-corrected chi connectivity index (χ3v) is 4.97. The summed E-state index contributed by atoms with van der Waals surface area (Å²) in [6.45, 7) is 8.58. The molecule has 1 unspecified atom stereocenters. The molecule has 1 fully saturated rings. The minimum atomic E-state index is -0.0952. The van der Waals surface area contributed by atoms with Gasteiger partial charge in [0.2, 0.25) is 0 Å². The first kappa shape index (κ1) is 18.6. The molecule has 0 spiro atoms. The number of pyridine rings is 1. The molecule has 6 nitrogen and oxygen atoms in total. The van der Waals surface area contributed by atoms with E-state index in [-0.39, 0.29) is 5.56 Å².